The molecule has 0 fully saturated rings. The van der Waals surface area contributed by atoms with Gasteiger partial charge < -0.3 is 15.0 Å². The zero-order valence-corrected chi connectivity index (χ0v) is 14.1. The Labute approximate surface area is 141 Å². The minimum Gasteiger partial charge on any atom is -0.497 e. The Hall–Kier alpha value is -2.05. The van der Waals surface area contributed by atoms with E-state index in [0.717, 1.165) is 35.5 Å². The van der Waals surface area contributed by atoms with Crippen molar-refractivity contribution >= 4 is 18.3 Å². The highest BCUT2D eigenvalue weighted by molar-refractivity contribution is 5.93. The molecule has 1 aliphatic rings. The van der Waals surface area contributed by atoms with E-state index >= 15 is 0 Å². The molecule has 2 aromatic rings. The van der Waals surface area contributed by atoms with Gasteiger partial charge in [-0.3, -0.25) is 9.89 Å². The van der Waals surface area contributed by atoms with Gasteiger partial charge in [-0.15, -0.1) is 12.4 Å². The molecule has 3 rings (SSSR count). The number of rotatable bonds is 4. The SMILES string of the molecule is COc1ccc(CN(C)C(=O)c2n[nH]c3c2CNCC3)cc1.Cl. The lowest BCUT2D eigenvalue weighted by Crippen LogP contribution is -2.29. The lowest BCUT2D eigenvalue weighted by molar-refractivity contribution is 0.0778. The molecule has 1 amide bonds. The molecular formula is C16H21ClN4O2. The molecule has 0 spiro atoms. The predicted octanol–water partition coefficient (Wildman–Crippen LogP) is 1.76. The summed E-state index contributed by atoms with van der Waals surface area (Å²) >= 11 is 0. The first kappa shape index (κ1) is 17.3. The van der Waals surface area contributed by atoms with Crippen molar-refractivity contribution in [2.75, 3.05) is 20.7 Å². The quantitative estimate of drug-likeness (QED) is 0.892. The maximum atomic E-state index is 12.6. The van der Waals surface area contributed by atoms with E-state index in [-0.39, 0.29) is 18.3 Å². The van der Waals surface area contributed by atoms with E-state index in [1.165, 1.54) is 0 Å². The molecule has 1 aliphatic heterocycles. The number of carbonyl (C=O) groups is 1. The Morgan fingerprint density at radius 1 is 1.35 bits per heavy atom. The molecule has 23 heavy (non-hydrogen) atoms. The number of carbonyl (C=O) groups excluding carboxylic acids is 1. The number of fused-ring (bicyclic) bond motifs is 1. The van der Waals surface area contributed by atoms with Crippen molar-refractivity contribution in [3.05, 3.63) is 46.8 Å². The number of amides is 1. The summed E-state index contributed by atoms with van der Waals surface area (Å²) in [7, 11) is 3.43. The number of aromatic amines is 1. The van der Waals surface area contributed by atoms with Gasteiger partial charge in [0.1, 0.15) is 5.75 Å². The molecule has 124 valence electrons. The zero-order valence-electron chi connectivity index (χ0n) is 13.3. The summed E-state index contributed by atoms with van der Waals surface area (Å²) in [6, 6.07) is 7.72. The number of nitrogens with zero attached hydrogens (tertiary/aromatic N) is 2. The van der Waals surface area contributed by atoms with Crippen molar-refractivity contribution in [2.45, 2.75) is 19.5 Å². The molecule has 0 radical (unpaired) electrons. The van der Waals surface area contributed by atoms with E-state index in [4.69, 9.17) is 4.74 Å². The largest absolute Gasteiger partial charge is 0.497 e. The van der Waals surface area contributed by atoms with Gasteiger partial charge in [-0.05, 0) is 17.7 Å². The number of halogens is 1. The third kappa shape index (κ3) is 3.65. The molecular weight excluding hydrogens is 316 g/mol. The van der Waals surface area contributed by atoms with E-state index in [0.29, 0.717) is 18.8 Å². The minimum absolute atomic E-state index is 0. The number of hydrogen-bond acceptors (Lipinski definition) is 4. The van der Waals surface area contributed by atoms with Crippen LogP contribution in [0, 0.1) is 0 Å². The van der Waals surface area contributed by atoms with Gasteiger partial charge >= 0.3 is 0 Å². The third-order valence-electron chi connectivity index (χ3n) is 3.93. The number of benzene rings is 1. The molecule has 7 heteroatoms. The van der Waals surface area contributed by atoms with Crippen LogP contribution in [0.1, 0.15) is 27.3 Å². The van der Waals surface area contributed by atoms with Crippen LogP contribution in [0.2, 0.25) is 0 Å². The maximum absolute atomic E-state index is 12.6. The van der Waals surface area contributed by atoms with Crippen molar-refractivity contribution in [1.29, 1.82) is 0 Å². The van der Waals surface area contributed by atoms with Gasteiger partial charge in [-0.1, -0.05) is 12.1 Å². The summed E-state index contributed by atoms with van der Waals surface area (Å²) in [6.45, 7) is 2.16. The highest BCUT2D eigenvalue weighted by Gasteiger charge is 2.23. The van der Waals surface area contributed by atoms with Crippen molar-refractivity contribution < 1.29 is 9.53 Å². The fourth-order valence-corrected chi connectivity index (χ4v) is 2.66. The van der Waals surface area contributed by atoms with E-state index < -0.39 is 0 Å². The molecule has 0 saturated heterocycles. The van der Waals surface area contributed by atoms with Gasteiger partial charge in [0, 0.05) is 44.4 Å². The second-order valence-corrected chi connectivity index (χ2v) is 5.47. The van der Waals surface area contributed by atoms with E-state index in [9.17, 15) is 4.79 Å². The molecule has 0 unspecified atom stereocenters. The fraction of sp³-hybridized carbons (Fsp3) is 0.375. The second kappa shape index (κ2) is 7.48. The summed E-state index contributed by atoms with van der Waals surface area (Å²) in [5.41, 5.74) is 3.65. The van der Waals surface area contributed by atoms with Crippen LogP contribution in [0.4, 0.5) is 0 Å². The van der Waals surface area contributed by atoms with Gasteiger partial charge in [0.15, 0.2) is 5.69 Å². The highest BCUT2D eigenvalue weighted by atomic mass is 35.5. The first-order valence-corrected chi connectivity index (χ1v) is 7.34. The second-order valence-electron chi connectivity index (χ2n) is 5.47. The number of ether oxygens (including phenoxy) is 1. The van der Waals surface area contributed by atoms with Gasteiger partial charge in [0.05, 0.1) is 7.11 Å². The standard InChI is InChI=1S/C16H20N4O2.ClH/c1-20(10-11-3-5-12(22-2)6-4-11)16(21)15-13-9-17-8-7-14(13)18-19-15;/h3-6,17H,7-10H2,1-2H3,(H,18,19);1H. The van der Waals surface area contributed by atoms with Gasteiger partial charge in [-0.25, -0.2) is 0 Å². The maximum Gasteiger partial charge on any atom is 0.274 e. The van der Waals surface area contributed by atoms with Crippen LogP contribution < -0.4 is 10.1 Å². The lowest BCUT2D eigenvalue weighted by atomic mass is 10.1. The van der Waals surface area contributed by atoms with Gasteiger partial charge in [-0.2, -0.15) is 5.10 Å². The molecule has 0 saturated carbocycles. The van der Waals surface area contributed by atoms with Gasteiger partial charge in [0.25, 0.3) is 5.91 Å². The molecule has 1 aromatic carbocycles. The Kier molecular flexibility index (Phi) is 5.63. The fourth-order valence-electron chi connectivity index (χ4n) is 2.66. The summed E-state index contributed by atoms with van der Waals surface area (Å²) in [6.07, 6.45) is 0.887. The molecule has 2 heterocycles. The van der Waals surface area contributed by atoms with Crippen LogP contribution in [0.3, 0.4) is 0 Å². The third-order valence-corrected chi connectivity index (χ3v) is 3.93. The number of H-pyrrole nitrogens is 1. The Bertz CT molecular complexity index is 669. The topological polar surface area (TPSA) is 70.2 Å². The van der Waals surface area contributed by atoms with Crippen molar-refractivity contribution in [2.24, 2.45) is 0 Å². The van der Waals surface area contributed by atoms with Crippen molar-refractivity contribution in [3.63, 3.8) is 0 Å². The number of nitrogens with one attached hydrogen (secondary N) is 2. The van der Waals surface area contributed by atoms with Crippen molar-refractivity contribution in [3.8, 4) is 5.75 Å². The van der Waals surface area contributed by atoms with Crippen molar-refractivity contribution in [1.82, 2.24) is 20.4 Å². The average molecular weight is 337 g/mol. The Morgan fingerprint density at radius 3 is 2.78 bits per heavy atom. The van der Waals surface area contributed by atoms with Crippen LogP contribution in [-0.2, 0) is 19.5 Å². The number of hydrogen-bond donors (Lipinski definition) is 2. The normalized spacial score (nSPS) is 13.0. The van der Waals surface area contributed by atoms with E-state index in [1.807, 2.05) is 24.3 Å². The van der Waals surface area contributed by atoms with E-state index in [2.05, 4.69) is 15.5 Å². The smallest absolute Gasteiger partial charge is 0.274 e. The Morgan fingerprint density at radius 2 is 2.09 bits per heavy atom. The van der Waals surface area contributed by atoms with Crippen LogP contribution in [0.25, 0.3) is 0 Å². The molecule has 1 aromatic heterocycles. The molecule has 0 bridgehead atoms. The summed E-state index contributed by atoms with van der Waals surface area (Å²) in [4.78, 5) is 14.3. The Balaban J connectivity index is 0.00000192. The van der Waals surface area contributed by atoms with E-state index in [1.54, 1.807) is 19.1 Å². The lowest BCUT2D eigenvalue weighted by Gasteiger charge is -2.18. The van der Waals surface area contributed by atoms with Crippen LogP contribution >= 0.6 is 12.4 Å². The monoisotopic (exact) mass is 336 g/mol. The first-order valence-electron chi connectivity index (χ1n) is 7.34. The average Bonchev–Trinajstić information content (AvgIpc) is 2.99. The van der Waals surface area contributed by atoms with Gasteiger partial charge in [0.2, 0.25) is 0 Å². The first-order chi connectivity index (χ1) is 10.7. The number of methoxy groups -OCH3 is 1. The molecule has 6 nitrogen and oxygen atoms in total. The van der Waals surface area contributed by atoms with Crippen LogP contribution in [-0.4, -0.2) is 41.7 Å². The predicted molar refractivity (Wildman–Crippen MR) is 90.0 cm³/mol. The summed E-state index contributed by atoms with van der Waals surface area (Å²) < 4.78 is 5.14. The molecule has 0 atom stereocenters. The molecule has 2 N–H and O–H groups in total. The zero-order chi connectivity index (χ0) is 15.5. The number of aromatic nitrogens is 2. The van der Waals surface area contributed by atoms with Crippen LogP contribution in [0.15, 0.2) is 24.3 Å². The molecule has 0 aliphatic carbocycles. The minimum atomic E-state index is -0.0583. The highest BCUT2D eigenvalue weighted by Crippen LogP contribution is 2.18. The van der Waals surface area contributed by atoms with Crippen LogP contribution in [0.5, 0.6) is 5.75 Å². The summed E-state index contributed by atoms with van der Waals surface area (Å²) in [5, 5.41) is 10.5. The summed E-state index contributed by atoms with van der Waals surface area (Å²) in [5.74, 6) is 0.752.